The van der Waals surface area contributed by atoms with Crippen LogP contribution >= 0.6 is 0 Å². The van der Waals surface area contributed by atoms with E-state index in [1.165, 1.54) is 5.56 Å². The molecule has 1 aromatic carbocycles. The number of carboxylic acids is 1. The van der Waals surface area contributed by atoms with Crippen LogP contribution in [0.15, 0.2) is 18.2 Å². The van der Waals surface area contributed by atoms with Crippen molar-refractivity contribution < 1.29 is 43.9 Å². The number of aliphatic hydroxyl groups is 2. The van der Waals surface area contributed by atoms with Gasteiger partial charge in [-0.25, -0.2) is 4.79 Å². The number of aliphatic carboxylic acids is 1. The molecule has 2 aliphatic rings. The number of unbranched alkanes of at least 4 members (excludes halogenated alkanes) is 2. The molecule has 220 valence electrons. The summed E-state index contributed by atoms with van der Waals surface area (Å²) in [5.74, 6) is 0.298. The fraction of sp³-hybridized carbons (Fsp3) is 0.733. The largest absolute Gasteiger partial charge is 0.482 e. The van der Waals surface area contributed by atoms with Crippen LogP contribution in [-0.2, 0) is 36.6 Å². The molecule has 3 N–H and O–H groups in total. The fourth-order valence-electron chi connectivity index (χ4n) is 5.97. The highest BCUT2D eigenvalue weighted by molar-refractivity contribution is 5.71. The number of fused-ring (bicyclic) bond motifs is 2. The van der Waals surface area contributed by atoms with Crippen LogP contribution in [0.1, 0.15) is 69.4 Å². The van der Waals surface area contributed by atoms with Crippen molar-refractivity contribution in [3.05, 3.63) is 29.3 Å². The van der Waals surface area contributed by atoms with E-state index in [1.807, 2.05) is 12.1 Å². The molecule has 9 heteroatoms. The predicted molar refractivity (Wildman–Crippen MR) is 145 cm³/mol. The molecule has 9 nitrogen and oxygen atoms in total. The van der Waals surface area contributed by atoms with Crippen molar-refractivity contribution >= 4 is 11.9 Å². The van der Waals surface area contributed by atoms with Gasteiger partial charge in [0.25, 0.3) is 0 Å². The van der Waals surface area contributed by atoms with Gasteiger partial charge in [-0.3, -0.25) is 4.79 Å². The number of benzene rings is 1. The van der Waals surface area contributed by atoms with Crippen LogP contribution < -0.4 is 4.74 Å². The van der Waals surface area contributed by atoms with E-state index in [9.17, 15) is 19.8 Å². The third-order valence-electron chi connectivity index (χ3n) is 7.99. The number of ether oxygens (including phenoxy) is 4. The van der Waals surface area contributed by atoms with Gasteiger partial charge in [-0.05, 0) is 73.5 Å². The van der Waals surface area contributed by atoms with Crippen LogP contribution in [0.25, 0.3) is 0 Å². The molecule has 0 bridgehead atoms. The molecule has 1 fully saturated rings. The van der Waals surface area contributed by atoms with Crippen molar-refractivity contribution in [2.24, 2.45) is 17.8 Å². The summed E-state index contributed by atoms with van der Waals surface area (Å²) in [6.07, 6.45) is 7.60. The maximum atomic E-state index is 12.2. The second kappa shape index (κ2) is 16.8. The van der Waals surface area contributed by atoms with Crippen molar-refractivity contribution in [1.29, 1.82) is 0 Å². The lowest BCUT2D eigenvalue weighted by molar-refractivity contribution is -0.147. The average Bonchev–Trinajstić information content (AvgIpc) is 3.22. The molecule has 0 saturated heterocycles. The zero-order valence-corrected chi connectivity index (χ0v) is 23.2. The number of carbonyl (C=O) groups is 2. The number of hydrogen-bond acceptors (Lipinski definition) is 8. The monoisotopic (exact) mass is 550 g/mol. The van der Waals surface area contributed by atoms with E-state index in [1.54, 1.807) is 0 Å². The van der Waals surface area contributed by atoms with Crippen molar-refractivity contribution in [3.63, 3.8) is 0 Å². The highest BCUT2D eigenvalue weighted by atomic mass is 16.6. The molecule has 0 aliphatic heterocycles. The van der Waals surface area contributed by atoms with Gasteiger partial charge in [0.2, 0.25) is 0 Å². The maximum Gasteiger partial charge on any atom is 0.344 e. The number of rotatable bonds is 19. The second-order valence-corrected chi connectivity index (χ2v) is 10.8. The quantitative estimate of drug-likeness (QED) is 0.175. The van der Waals surface area contributed by atoms with Crippen LogP contribution in [-0.4, -0.2) is 79.1 Å². The smallest absolute Gasteiger partial charge is 0.344 e. The molecular weight excluding hydrogens is 504 g/mol. The minimum atomic E-state index is -0.906. The number of carbonyl (C=O) groups excluding carboxylic acids is 1. The van der Waals surface area contributed by atoms with Gasteiger partial charge < -0.3 is 34.3 Å². The standard InChI is InChI=1S/C30H46O9/c1-2-3-4-7-23(31)9-10-24-25-17-21-6-5-8-28(26(21)18-22(25)19-27(24)32)39-20-30(35)38-16-15-37-14-13-36-12-11-29(33)34/h5-6,8,22-25,27,31-32H,2-4,7,9-20H2,1H3,(H,33,34)/t22-,23-,24+,25-,27+/m0/s1. The Hall–Kier alpha value is -2.20. The van der Waals surface area contributed by atoms with Gasteiger partial charge in [-0.2, -0.15) is 0 Å². The predicted octanol–water partition coefficient (Wildman–Crippen LogP) is 3.55. The number of carboxylic acid groups (broad SMARTS) is 1. The molecular formula is C30H46O9. The Bertz CT molecular complexity index is 889. The van der Waals surface area contributed by atoms with Gasteiger partial charge >= 0.3 is 11.9 Å². The van der Waals surface area contributed by atoms with Crippen molar-refractivity contribution in [1.82, 2.24) is 0 Å². The summed E-state index contributed by atoms with van der Waals surface area (Å²) in [6, 6.07) is 5.94. The minimum Gasteiger partial charge on any atom is -0.482 e. The van der Waals surface area contributed by atoms with E-state index in [-0.39, 0.29) is 57.6 Å². The van der Waals surface area contributed by atoms with Gasteiger partial charge in [-0.1, -0.05) is 38.3 Å². The van der Waals surface area contributed by atoms with Crippen molar-refractivity contribution in [2.75, 3.05) is 39.6 Å². The molecule has 0 spiro atoms. The lowest BCUT2D eigenvalue weighted by Crippen LogP contribution is -2.28. The first-order chi connectivity index (χ1) is 18.9. The van der Waals surface area contributed by atoms with E-state index in [0.29, 0.717) is 24.2 Å². The molecule has 0 heterocycles. The van der Waals surface area contributed by atoms with Gasteiger partial charge in [-0.15, -0.1) is 0 Å². The SMILES string of the molecule is CCCCC[C@H](O)CC[C@@H]1[C@H]2Cc3cccc(OCC(=O)OCCOCCOCCC(=O)O)c3C[C@H]2C[C@H]1O. The Morgan fingerprint density at radius 1 is 1.03 bits per heavy atom. The molecule has 3 rings (SSSR count). The second-order valence-electron chi connectivity index (χ2n) is 10.8. The molecule has 2 aliphatic carbocycles. The van der Waals surface area contributed by atoms with Gasteiger partial charge in [0.1, 0.15) is 12.4 Å². The van der Waals surface area contributed by atoms with Crippen LogP contribution in [0.2, 0.25) is 0 Å². The lowest BCUT2D eigenvalue weighted by Gasteiger charge is -2.32. The highest BCUT2D eigenvalue weighted by Gasteiger charge is 2.44. The Balaban J connectivity index is 1.39. The van der Waals surface area contributed by atoms with Crippen LogP contribution in [0.3, 0.4) is 0 Å². The van der Waals surface area contributed by atoms with Crippen LogP contribution in [0, 0.1) is 17.8 Å². The summed E-state index contributed by atoms with van der Waals surface area (Å²) in [5, 5.41) is 29.8. The van der Waals surface area contributed by atoms with Crippen molar-refractivity contribution in [3.8, 4) is 5.75 Å². The maximum absolute atomic E-state index is 12.2. The Kier molecular flexibility index (Phi) is 13.5. The molecule has 0 unspecified atom stereocenters. The summed E-state index contributed by atoms with van der Waals surface area (Å²) in [6.45, 7) is 3.00. The first kappa shape index (κ1) is 31.3. The zero-order chi connectivity index (χ0) is 28.0. The number of aliphatic hydroxyl groups excluding tert-OH is 2. The van der Waals surface area contributed by atoms with Gasteiger partial charge in [0, 0.05) is 0 Å². The molecule has 0 radical (unpaired) electrons. The first-order valence-corrected chi connectivity index (χ1v) is 14.5. The molecule has 1 saturated carbocycles. The number of esters is 1. The number of hydrogen-bond donors (Lipinski definition) is 3. The summed E-state index contributed by atoms with van der Waals surface area (Å²) in [7, 11) is 0. The average molecular weight is 551 g/mol. The third kappa shape index (κ3) is 10.4. The van der Waals surface area contributed by atoms with Crippen LogP contribution in [0.4, 0.5) is 0 Å². The molecule has 39 heavy (non-hydrogen) atoms. The topological polar surface area (TPSA) is 132 Å². The molecule has 0 amide bonds. The fourth-order valence-corrected chi connectivity index (χ4v) is 5.97. The Labute approximate surface area is 231 Å². The van der Waals surface area contributed by atoms with E-state index < -0.39 is 11.9 Å². The summed E-state index contributed by atoms with van der Waals surface area (Å²) < 4.78 is 21.5. The Morgan fingerprint density at radius 3 is 2.56 bits per heavy atom. The summed E-state index contributed by atoms with van der Waals surface area (Å²) >= 11 is 0. The van der Waals surface area contributed by atoms with E-state index >= 15 is 0 Å². The van der Waals surface area contributed by atoms with E-state index in [2.05, 4.69) is 13.0 Å². The zero-order valence-electron chi connectivity index (χ0n) is 23.2. The van der Waals surface area contributed by atoms with E-state index in [0.717, 1.165) is 63.4 Å². The van der Waals surface area contributed by atoms with Crippen LogP contribution in [0.5, 0.6) is 5.75 Å². The molecule has 0 aromatic heterocycles. The highest BCUT2D eigenvalue weighted by Crippen LogP contribution is 2.48. The van der Waals surface area contributed by atoms with Gasteiger partial charge in [0.05, 0.1) is 45.1 Å². The Morgan fingerprint density at radius 2 is 1.79 bits per heavy atom. The summed E-state index contributed by atoms with van der Waals surface area (Å²) in [5.41, 5.74) is 2.33. The third-order valence-corrected chi connectivity index (χ3v) is 7.99. The molecule has 5 atom stereocenters. The summed E-state index contributed by atoms with van der Waals surface area (Å²) in [4.78, 5) is 22.6. The van der Waals surface area contributed by atoms with E-state index in [4.69, 9.17) is 24.1 Å². The van der Waals surface area contributed by atoms with Crippen molar-refractivity contribution in [2.45, 2.75) is 83.3 Å². The normalized spacial score (nSPS) is 22.6. The first-order valence-electron chi connectivity index (χ1n) is 14.5. The van der Waals surface area contributed by atoms with Gasteiger partial charge in [0.15, 0.2) is 6.61 Å². The molecule has 1 aromatic rings. The lowest BCUT2D eigenvalue weighted by atomic mass is 9.73. The minimum absolute atomic E-state index is 0.0454.